The molecule has 1 aliphatic carbocycles. The fraction of sp³-hybridized carbons (Fsp3) is 0.467. The molecular weight excluding hydrogens is 633 g/mol. The molecule has 0 bridgehead atoms. The molecule has 0 aliphatic heterocycles. The van der Waals surface area contributed by atoms with Gasteiger partial charge >= 0.3 is 19.6 Å². The summed E-state index contributed by atoms with van der Waals surface area (Å²) < 4.78 is 36.5. The third-order valence-electron chi connectivity index (χ3n) is 6.24. The molecule has 0 spiro atoms. The maximum absolute atomic E-state index is 13.4. The second-order valence-electron chi connectivity index (χ2n) is 12.7. The van der Waals surface area contributed by atoms with Crippen LogP contribution in [0.3, 0.4) is 0 Å². The van der Waals surface area contributed by atoms with Gasteiger partial charge in [-0.25, -0.2) is 24.1 Å². The lowest BCUT2D eigenvalue weighted by Gasteiger charge is -2.30. The van der Waals surface area contributed by atoms with Crippen LogP contribution in [0.1, 0.15) is 72.9 Å². The van der Waals surface area contributed by atoms with Crippen molar-refractivity contribution < 1.29 is 27.3 Å². The molecule has 1 aliphatic rings. The van der Waals surface area contributed by atoms with E-state index in [4.69, 9.17) is 23.0 Å². The normalized spacial score (nSPS) is 14.0. The fourth-order valence-electron chi connectivity index (χ4n) is 4.30. The quantitative estimate of drug-likeness (QED) is 0.160. The van der Waals surface area contributed by atoms with E-state index in [0.717, 1.165) is 33.8 Å². The van der Waals surface area contributed by atoms with Crippen LogP contribution in [0.5, 0.6) is 0 Å². The topological polar surface area (TPSA) is 173 Å². The summed E-state index contributed by atoms with van der Waals surface area (Å²) in [5.41, 5.74) is 1.87. The van der Waals surface area contributed by atoms with Gasteiger partial charge in [-0.15, -0.1) is 16.4 Å². The third-order valence-corrected chi connectivity index (χ3v) is 9.11. The Morgan fingerprint density at radius 3 is 2.41 bits per heavy atom. The molecule has 1 saturated carbocycles. The van der Waals surface area contributed by atoms with Crippen molar-refractivity contribution in [3.63, 3.8) is 0 Å². The van der Waals surface area contributed by atoms with Crippen LogP contribution < -0.4 is 16.4 Å². The van der Waals surface area contributed by atoms with E-state index < -0.39 is 31.5 Å². The number of hydrogen-bond acceptors (Lipinski definition) is 12. The van der Waals surface area contributed by atoms with Crippen LogP contribution in [0.2, 0.25) is 0 Å². The summed E-state index contributed by atoms with van der Waals surface area (Å²) in [6.07, 6.45) is 7.04. The number of pyridine rings is 2. The predicted molar refractivity (Wildman–Crippen MR) is 173 cm³/mol. The average Bonchev–Trinajstić information content (AvgIpc) is 3.56. The molecule has 0 radical (unpaired) electrons. The number of nitrogens with one attached hydrogen (secondary N) is 2. The van der Waals surface area contributed by atoms with Crippen LogP contribution in [-0.2, 0) is 24.9 Å². The van der Waals surface area contributed by atoms with Gasteiger partial charge in [-0.2, -0.15) is 4.68 Å². The predicted octanol–water partition coefficient (Wildman–Crippen LogP) is 6.82. The summed E-state index contributed by atoms with van der Waals surface area (Å²) in [5, 5.41) is 12.5. The van der Waals surface area contributed by atoms with Gasteiger partial charge in [-0.05, 0) is 73.4 Å². The highest BCUT2D eigenvalue weighted by atomic mass is 32.1. The first kappa shape index (κ1) is 33.6. The number of carbonyl (C=O) groups excluding carboxylic acids is 1. The van der Waals surface area contributed by atoms with Crippen LogP contribution in [0, 0.1) is 0 Å². The number of amides is 2. The Morgan fingerprint density at radius 1 is 1.07 bits per heavy atom. The van der Waals surface area contributed by atoms with E-state index in [0.29, 0.717) is 35.0 Å². The SMILES string of the molecule is CCNC(=O)Nc1cc(-c2nc(C3CC3)cs2)c(-c2cncc(-c3nn(COP(=O)(OC(C)(C)C)OC(C)(C)C)c(=O)o3)c2)cn1. The van der Waals surface area contributed by atoms with Gasteiger partial charge in [-0.3, -0.25) is 23.9 Å². The lowest BCUT2D eigenvalue weighted by atomic mass is 10.0. The van der Waals surface area contributed by atoms with E-state index in [1.54, 1.807) is 66.1 Å². The van der Waals surface area contributed by atoms with Gasteiger partial charge in [0, 0.05) is 53.1 Å². The number of anilines is 1. The van der Waals surface area contributed by atoms with Crippen molar-refractivity contribution in [1.82, 2.24) is 30.0 Å². The number of nitrogens with zero attached hydrogens (tertiary/aromatic N) is 5. The number of phosphoric ester groups is 1. The Bertz CT molecular complexity index is 1800. The number of urea groups is 1. The Kier molecular flexibility index (Phi) is 9.62. The highest BCUT2D eigenvalue weighted by Gasteiger charge is 2.37. The maximum atomic E-state index is 13.4. The molecule has 2 amide bonds. The third kappa shape index (κ3) is 8.74. The summed E-state index contributed by atoms with van der Waals surface area (Å²) in [7, 11) is -4.11. The molecule has 4 aromatic heterocycles. The Morgan fingerprint density at radius 2 is 1.76 bits per heavy atom. The number of rotatable bonds is 11. The summed E-state index contributed by atoms with van der Waals surface area (Å²) in [6.45, 7) is 12.0. The molecule has 0 unspecified atom stereocenters. The Labute approximate surface area is 270 Å². The van der Waals surface area contributed by atoms with Gasteiger partial charge in [0.25, 0.3) is 5.89 Å². The summed E-state index contributed by atoms with van der Waals surface area (Å²) in [5.74, 6) is -0.0217. The zero-order chi connectivity index (χ0) is 33.3. The number of hydrogen-bond donors (Lipinski definition) is 2. The average molecular weight is 672 g/mol. The van der Waals surface area contributed by atoms with Crippen molar-refractivity contribution >= 4 is 31.0 Å². The smallest absolute Gasteiger partial charge is 0.387 e. The van der Waals surface area contributed by atoms with E-state index in [-0.39, 0.29) is 11.9 Å². The minimum absolute atomic E-state index is 0.0273. The van der Waals surface area contributed by atoms with E-state index >= 15 is 0 Å². The van der Waals surface area contributed by atoms with Crippen molar-refractivity contribution in [2.45, 2.75) is 85.2 Å². The summed E-state index contributed by atoms with van der Waals surface area (Å²) >= 11 is 1.52. The standard InChI is InChI=1S/C30H38N7O7PS/c1-8-32-27(38)35-24-12-21(26-34-23(16-46-26)18-9-10-18)22(15-33-24)19-11-20(14-31-13-19)25-36-37(28(39)42-25)17-41-45(40,43-29(2,3)4)44-30(5,6)7/h11-16,18H,8-10,17H2,1-7H3,(H2,32,33,35,38). The lowest BCUT2D eigenvalue weighted by molar-refractivity contribution is -0.00826. The first-order chi connectivity index (χ1) is 21.6. The Hall–Kier alpha value is -3.75. The van der Waals surface area contributed by atoms with Crippen LogP contribution >= 0.6 is 19.2 Å². The zero-order valence-electron chi connectivity index (χ0n) is 26.8. The van der Waals surface area contributed by atoms with Crippen LogP contribution in [0.15, 0.2) is 45.3 Å². The van der Waals surface area contributed by atoms with E-state index in [1.807, 2.05) is 6.92 Å². The minimum Gasteiger partial charge on any atom is -0.387 e. The highest BCUT2D eigenvalue weighted by molar-refractivity contribution is 7.48. The Balaban J connectivity index is 1.44. The molecule has 1 fully saturated rings. The monoisotopic (exact) mass is 671 g/mol. The van der Waals surface area contributed by atoms with Gasteiger partial charge in [0.1, 0.15) is 10.8 Å². The minimum atomic E-state index is -4.11. The first-order valence-corrected chi connectivity index (χ1v) is 17.2. The lowest BCUT2D eigenvalue weighted by Crippen LogP contribution is -2.28. The molecule has 0 aromatic carbocycles. The summed E-state index contributed by atoms with van der Waals surface area (Å²) in [4.78, 5) is 38.6. The van der Waals surface area contributed by atoms with Crippen molar-refractivity contribution in [1.29, 1.82) is 0 Å². The fourth-order valence-corrected chi connectivity index (χ4v) is 6.97. The molecule has 5 rings (SSSR count). The molecule has 246 valence electrons. The molecule has 16 heteroatoms. The van der Waals surface area contributed by atoms with Crippen molar-refractivity contribution in [3.05, 3.63) is 52.3 Å². The van der Waals surface area contributed by atoms with Gasteiger partial charge in [-0.1, -0.05) is 0 Å². The molecule has 2 N–H and O–H groups in total. The maximum Gasteiger partial charge on any atom is 0.477 e. The molecule has 46 heavy (non-hydrogen) atoms. The summed E-state index contributed by atoms with van der Waals surface area (Å²) in [6, 6.07) is 3.17. The van der Waals surface area contributed by atoms with Crippen LogP contribution in [-0.4, -0.2) is 48.5 Å². The zero-order valence-corrected chi connectivity index (χ0v) is 28.5. The second-order valence-corrected chi connectivity index (χ2v) is 15.1. The van der Waals surface area contributed by atoms with Gasteiger partial charge in [0.2, 0.25) is 0 Å². The highest BCUT2D eigenvalue weighted by Crippen LogP contribution is 2.55. The molecule has 0 atom stereocenters. The largest absolute Gasteiger partial charge is 0.477 e. The number of thiazole rings is 1. The number of aromatic nitrogens is 5. The number of carbonyl (C=O) groups is 1. The van der Waals surface area contributed by atoms with E-state index in [1.165, 1.54) is 17.5 Å². The van der Waals surface area contributed by atoms with E-state index in [2.05, 4.69) is 31.1 Å². The van der Waals surface area contributed by atoms with Crippen molar-refractivity contribution in [3.8, 4) is 33.2 Å². The second kappa shape index (κ2) is 13.2. The van der Waals surface area contributed by atoms with Gasteiger partial charge in [0.15, 0.2) is 6.73 Å². The van der Waals surface area contributed by atoms with Crippen molar-refractivity contribution in [2.24, 2.45) is 0 Å². The first-order valence-electron chi connectivity index (χ1n) is 14.8. The van der Waals surface area contributed by atoms with Gasteiger partial charge < -0.3 is 9.73 Å². The van der Waals surface area contributed by atoms with Crippen LogP contribution in [0.4, 0.5) is 10.6 Å². The molecular formula is C30H38N7O7PS. The molecule has 4 aromatic rings. The molecule has 4 heterocycles. The molecule has 14 nitrogen and oxygen atoms in total. The van der Waals surface area contributed by atoms with Gasteiger partial charge in [0.05, 0.1) is 22.5 Å². The van der Waals surface area contributed by atoms with E-state index in [9.17, 15) is 14.2 Å². The van der Waals surface area contributed by atoms with Crippen molar-refractivity contribution in [2.75, 3.05) is 11.9 Å². The number of phosphoric acid groups is 1. The van der Waals surface area contributed by atoms with Crippen LogP contribution in [0.25, 0.3) is 33.2 Å². The molecule has 0 saturated heterocycles.